The zero-order chi connectivity index (χ0) is 42.7. The number of alkyl halides is 3. The molecule has 0 saturated heterocycles. The minimum absolute atomic E-state index is 0.143. The van der Waals surface area contributed by atoms with E-state index in [0.29, 0.717) is 28.3 Å². The van der Waals surface area contributed by atoms with Gasteiger partial charge in [0.2, 0.25) is 0 Å². The van der Waals surface area contributed by atoms with Crippen molar-refractivity contribution in [2.45, 2.75) is 6.18 Å². The minimum Gasteiger partial charge on any atom is -0.308 e. The van der Waals surface area contributed by atoms with E-state index < -0.39 is 11.7 Å². The second-order valence-electron chi connectivity index (χ2n) is 14.8. The molecule has 0 atom stereocenters. The molecule has 0 aliphatic heterocycles. The SMILES string of the molecule is [C-]#[N+]c1cccc(-c2ccc3c4ccccc4n(-c4cc([N+]#[C-])c(-c5ccc(C(F)(F)F)cc5C#N)cc4-n4c5ccccc5c5ccc(-c6cccc([N+]#[C-])c6)cc54)c3c2)c1. The Morgan fingerprint density at radius 2 is 0.952 bits per heavy atom. The number of para-hydroxylation sites is 2. The van der Waals surface area contributed by atoms with Gasteiger partial charge in [-0.3, -0.25) is 0 Å². The maximum atomic E-state index is 14.0. The summed E-state index contributed by atoms with van der Waals surface area (Å²) in [6, 6.07) is 51.7. The van der Waals surface area contributed by atoms with Gasteiger partial charge in [0, 0.05) is 21.5 Å². The third-order valence-corrected chi connectivity index (χ3v) is 11.4. The van der Waals surface area contributed by atoms with E-state index in [2.05, 4.69) is 47.9 Å². The summed E-state index contributed by atoms with van der Waals surface area (Å²) >= 11 is 0. The first-order chi connectivity index (χ1) is 30.2. The number of halogens is 3. The van der Waals surface area contributed by atoms with E-state index in [0.717, 1.165) is 78.0 Å². The number of nitrogens with zero attached hydrogens (tertiary/aromatic N) is 6. The van der Waals surface area contributed by atoms with Crippen molar-refractivity contribution in [2.75, 3.05) is 0 Å². The Hall–Kier alpha value is -8.89. The maximum Gasteiger partial charge on any atom is 0.416 e. The van der Waals surface area contributed by atoms with Gasteiger partial charge in [0.05, 0.1) is 70.4 Å². The van der Waals surface area contributed by atoms with Gasteiger partial charge < -0.3 is 9.13 Å². The summed E-state index contributed by atoms with van der Waals surface area (Å²) in [5.74, 6) is 0. The van der Waals surface area contributed by atoms with Crippen LogP contribution >= 0.6 is 0 Å². The van der Waals surface area contributed by atoms with Crippen molar-refractivity contribution >= 4 is 60.7 Å². The molecular formula is C53H27F3N6. The van der Waals surface area contributed by atoms with Crippen LogP contribution in [0.5, 0.6) is 0 Å². The van der Waals surface area contributed by atoms with Gasteiger partial charge in [-0.05, 0) is 94.0 Å². The highest BCUT2D eigenvalue weighted by atomic mass is 19.4. The van der Waals surface area contributed by atoms with Crippen LogP contribution < -0.4 is 0 Å². The summed E-state index contributed by atoms with van der Waals surface area (Å²) in [5.41, 5.74) is 8.47. The number of hydrogen-bond donors (Lipinski definition) is 0. The van der Waals surface area contributed by atoms with Crippen LogP contribution in [0.25, 0.3) is 103 Å². The second-order valence-corrected chi connectivity index (χ2v) is 14.8. The van der Waals surface area contributed by atoms with E-state index in [1.165, 1.54) is 6.07 Å². The van der Waals surface area contributed by atoms with E-state index >= 15 is 0 Å². The van der Waals surface area contributed by atoms with Crippen LogP contribution in [-0.2, 0) is 6.18 Å². The van der Waals surface area contributed by atoms with E-state index in [-0.39, 0.29) is 16.8 Å². The molecule has 6 nitrogen and oxygen atoms in total. The molecule has 10 aromatic rings. The quantitative estimate of drug-likeness (QED) is 0.160. The van der Waals surface area contributed by atoms with Crippen molar-refractivity contribution in [1.82, 2.24) is 9.13 Å². The Bertz CT molecular complexity index is 3690. The predicted octanol–water partition coefficient (Wildman–Crippen LogP) is 15.4. The number of fused-ring (bicyclic) bond motifs is 6. The van der Waals surface area contributed by atoms with Crippen molar-refractivity contribution in [3.05, 3.63) is 209 Å². The normalized spacial score (nSPS) is 11.4. The fourth-order valence-electron chi connectivity index (χ4n) is 8.61. The lowest BCUT2D eigenvalue weighted by molar-refractivity contribution is -0.137. The average molecular weight is 805 g/mol. The molecule has 0 bridgehead atoms. The number of hydrogen-bond acceptors (Lipinski definition) is 1. The van der Waals surface area contributed by atoms with Gasteiger partial charge in [-0.25, -0.2) is 14.5 Å². The lowest BCUT2D eigenvalue weighted by Crippen LogP contribution is -2.06. The fourth-order valence-corrected chi connectivity index (χ4v) is 8.61. The highest BCUT2D eigenvalue weighted by Crippen LogP contribution is 2.45. The molecule has 290 valence electrons. The third kappa shape index (κ3) is 6.01. The molecule has 0 aliphatic carbocycles. The molecule has 0 amide bonds. The summed E-state index contributed by atoms with van der Waals surface area (Å²) in [7, 11) is 0. The topological polar surface area (TPSA) is 46.7 Å². The van der Waals surface area contributed by atoms with Crippen LogP contribution in [0, 0.1) is 31.0 Å². The number of nitriles is 1. The van der Waals surface area contributed by atoms with Crippen LogP contribution in [0.2, 0.25) is 0 Å². The fraction of sp³-hybridized carbons (Fsp3) is 0.0189. The molecule has 8 aromatic carbocycles. The van der Waals surface area contributed by atoms with E-state index in [4.69, 9.17) is 19.7 Å². The summed E-state index contributed by atoms with van der Waals surface area (Å²) in [5, 5.41) is 14.1. The van der Waals surface area contributed by atoms with Crippen LogP contribution in [0.1, 0.15) is 11.1 Å². The van der Waals surface area contributed by atoms with Crippen molar-refractivity contribution in [3.8, 4) is 50.8 Å². The molecule has 0 radical (unpaired) electrons. The van der Waals surface area contributed by atoms with E-state index in [1.54, 1.807) is 18.2 Å². The van der Waals surface area contributed by atoms with Gasteiger partial charge in [0.15, 0.2) is 17.1 Å². The van der Waals surface area contributed by atoms with Gasteiger partial charge in [-0.15, -0.1) is 0 Å². The Morgan fingerprint density at radius 1 is 0.452 bits per heavy atom. The first-order valence-corrected chi connectivity index (χ1v) is 19.4. The summed E-state index contributed by atoms with van der Waals surface area (Å²) < 4.78 is 46.2. The molecular weight excluding hydrogens is 778 g/mol. The van der Waals surface area contributed by atoms with Gasteiger partial charge in [-0.2, -0.15) is 18.4 Å². The minimum atomic E-state index is -4.68. The van der Waals surface area contributed by atoms with Crippen molar-refractivity contribution in [2.24, 2.45) is 0 Å². The molecule has 10 rings (SSSR count). The molecule has 62 heavy (non-hydrogen) atoms. The smallest absolute Gasteiger partial charge is 0.308 e. The third-order valence-electron chi connectivity index (χ3n) is 11.4. The predicted molar refractivity (Wildman–Crippen MR) is 240 cm³/mol. The highest BCUT2D eigenvalue weighted by Gasteiger charge is 2.32. The van der Waals surface area contributed by atoms with Crippen LogP contribution in [0.15, 0.2) is 164 Å². The Balaban J connectivity index is 1.36. The van der Waals surface area contributed by atoms with Gasteiger partial charge >= 0.3 is 6.18 Å². The monoisotopic (exact) mass is 804 g/mol. The highest BCUT2D eigenvalue weighted by molar-refractivity contribution is 6.13. The largest absolute Gasteiger partial charge is 0.416 e. The lowest BCUT2D eigenvalue weighted by Gasteiger charge is -2.20. The summed E-state index contributed by atoms with van der Waals surface area (Å²) in [6.07, 6.45) is -4.68. The number of benzene rings is 8. The first-order valence-electron chi connectivity index (χ1n) is 19.4. The van der Waals surface area contributed by atoms with Crippen LogP contribution in [0.4, 0.5) is 30.2 Å². The van der Waals surface area contributed by atoms with Crippen molar-refractivity contribution in [3.63, 3.8) is 0 Å². The van der Waals surface area contributed by atoms with Crippen LogP contribution in [-0.4, -0.2) is 9.13 Å². The Labute approximate surface area is 353 Å². The number of aromatic nitrogens is 2. The summed E-state index contributed by atoms with van der Waals surface area (Å²) in [6.45, 7) is 23.8. The van der Waals surface area contributed by atoms with Gasteiger partial charge in [0.1, 0.15) is 0 Å². The van der Waals surface area contributed by atoms with Gasteiger partial charge in [-0.1, -0.05) is 103 Å². The lowest BCUT2D eigenvalue weighted by atomic mass is 9.95. The molecule has 2 aromatic heterocycles. The summed E-state index contributed by atoms with van der Waals surface area (Å²) in [4.78, 5) is 11.3. The van der Waals surface area contributed by atoms with Gasteiger partial charge in [0.25, 0.3) is 0 Å². The molecule has 0 unspecified atom stereocenters. The Kier molecular flexibility index (Phi) is 8.70. The molecule has 0 saturated carbocycles. The molecule has 0 fully saturated rings. The van der Waals surface area contributed by atoms with Crippen molar-refractivity contribution in [1.29, 1.82) is 5.26 Å². The van der Waals surface area contributed by atoms with Crippen LogP contribution in [0.3, 0.4) is 0 Å². The second kappa shape index (κ2) is 14.4. The molecule has 0 N–H and O–H groups in total. The number of rotatable bonds is 5. The zero-order valence-corrected chi connectivity index (χ0v) is 32.4. The van der Waals surface area contributed by atoms with E-state index in [1.807, 2.05) is 109 Å². The standard InChI is InChI=1S/C53H27F3N6/c1-58-38-12-8-10-32(25-38)34-18-21-43-41-14-4-6-16-47(41)61(49(43)27-34)51-29-45(40-23-20-37(53(54,55)56)24-36(40)31-57)46(60-3)30-52(51)62-48-17-7-5-15-42(48)44-22-19-35(28-50(44)62)33-11-9-13-39(26-33)59-2/h4-30H. The molecule has 0 spiro atoms. The Morgan fingerprint density at radius 3 is 1.45 bits per heavy atom. The molecule has 0 aliphatic rings. The zero-order valence-electron chi connectivity index (χ0n) is 32.4. The molecule has 2 heterocycles. The average Bonchev–Trinajstić information content (AvgIpc) is 3.82. The first kappa shape index (κ1) is 37.4. The molecule has 9 heteroatoms. The van der Waals surface area contributed by atoms with E-state index in [9.17, 15) is 18.4 Å². The maximum absolute atomic E-state index is 14.0. The van der Waals surface area contributed by atoms with Crippen molar-refractivity contribution < 1.29 is 13.2 Å².